The number of hydrogen-bond donors (Lipinski definition) is 0. The average Bonchev–Trinajstić information content (AvgIpc) is 1.75. The van der Waals surface area contributed by atoms with E-state index in [2.05, 4.69) is 4.74 Å². The fourth-order valence-electron chi connectivity index (χ4n) is 0.0227. The van der Waals surface area contributed by atoms with Gasteiger partial charge in [-0.15, -0.1) is 0 Å². The van der Waals surface area contributed by atoms with E-state index in [0.717, 1.165) is 0 Å². The van der Waals surface area contributed by atoms with Crippen molar-refractivity contribution in [1.29, 1.82) is 0 Å². The fourth-order valence-corrected chi connectivity index (χ4v) is 0.0227. The molecule has 0 aliphatic carbocycles. The van der Waals surface area contributed by atoms with Crippen LogP contribution in [0.3, 0.4) is 0 Å². The summed E-state index contributed by atoms with van der Waals surface area (Å²) in [6.07, 6.45) is 0. The molecule has 0 heterocycles. The van der Waals surface area contributed by atoms with Crippen molar-refractivity contribution in [1.82, 2.24) is 0 Å². The summed E-state index contributed by atoms with van der Waals surface area (Å²) < 4.78 is 3.47. The predicted molar refractivity (Wildman–Crippen MR) is 24.6 cm³/mol. The zero-order chi connectivity index (χ0) is 6.12. The third-order valence-corrected chi connectivity index (χ3v) is 0.111. The van der Waals surface area contributed by atoms with Crippen LogP contribution in [0.15, 0.2) is 0 Å². The second-order valence-corrected chi connectivity index (χ2v) is 0.329. The van der Waals surface area contributed by atoms with E-state index in [0.29, 0.717) is 0 Å². The molecule has 42 valence electrons. The van der Waals surface area contributed by atoms with Gasteiger partial charge in [0.25, 0.3) is 0 Å². The highest BCUT2D eigenvalue weighted by Crippen LogP contribution is 1.40. The number of ether oxygens (including phenoxy) is 1. The van der Waals surface area contributed by atoms with Gasteiger partial charge in [-0.2, -0.15) is 0 Å². The monoisotopic (exact) mass is 104 g/mol. The summed E-state index contributed by atoms with van der Waals surface area (Å²) >= 11 is 0. The maximum atomic E-state index is 8.95. The van der Waals surface area contributed by atoms with Crippen LogP contribution in [-0.4, -0.2) is 12.9 Å². The van der Waals surface area contributed by atoms with Gasteiger partial charge in [0.2, 0.25) is 0 Å². The van der Waals surface area contributed by atoms with Crippen LogP contribution in [0.1, 0.15) is 13.8 Å². The first kappa shape index (κ1) is 9.46. The van der Waals surface area contributed by atoms with Crippen LogP contribution < -0.4 is 0 Å². The van der Waals surface area contributed by atoms with E-state index >= 15 is 0 Å². The van der Waals surface area contributed by atoms with E-state index in [1.807, 2.05) is 13.8 Å². The van der Waals surface area contributed by atoms with Gasteiger partial charge in [-0.25, -0.2) is 0 Å². The largest absolute Gasteiger partial charge is 0.398 e. The van der Waals surface area contributed by atoms with Gasteiger partial charge in [-0.1, -0.05) is 13.8 Å². The van der Waals surface area contributed by atoms with Crippen molar-refractivity contribution in [2.24, 2.45) is 0 Å². The summed E-state index contributed by atoms with van der Waals surface area (Å²) in [4.78, 5) is 17.9. The molecule has 0 saturated carbocycles. The summed E-state index contributed by atoms with van der Waals surface area (Å²) in [5.41, 5.74) is 0. The molecule has 0 bridgehead atoms. The van der Waals surface area contributed by atoms with Gasteiger partial charge in [0.05, 0.1) is 0 Å². The van der Waals surface area contributed by atoms with E-state index in [-0.39, 0.29) is 12.9 Å². The molecule has 0 unspecified atom stereocenters. The third-order valence-electron chi connectivity index (χ3n) is 0.111. The molecule has 0 aliphatic heterocycles. The molecule has 0 aromatic heterocycles. The maximum absolute atomic E-state index is 8.95. The van der Waals surface area contributed by atoms with Gasteiger partial charge >= 0.3 is 12.9 Å². The van der Waals surface area contributed by atoms with Crippen LogP contribution in [0.2, 0.25) is 0 Å². The molecule has 0 amide bonds. The van der Waals surface area contributed by atoms with Crippen LogP contribution in [0.5, 0.6) is 0 Å². The Kier molecular flexibility index (Phi) is 26.0. The molecule has 0 saturated heterocycles. The van der Waals surface area contributed by atoms with Gasteiger partial charge in [0.15, 0.2) is 0 Å². The standard InChI is InChI=1S/C2H2O3.C2H6/c3-1-5-2-4;1-2/h1-2H;1-2H3. The van der Waals surface area contributed by atoms with E-state index in [1.165, 1.54) is 0 Å². The van der Waals surface area contributed by atoms with Gasteiger partial charge in [0.1, 0.15) is 0 Å². The quantitative estimate of drug-likeness (QED) is 0.375. The van der Waals surface area contributed by atoms with Gasteiger partial charge in [0, 0.05) is 0 Å². The second-order valence-electron chi connectivity index (χ2n) is 0.329. The van der Waals surface area contributed by atoms with Crippen molar-refractivity contribution in [2.45, 2.75) is 13.8 Å². The molecule has 0 radical (unpaired) electrons. The van der Waals surface area contributed by atoms with Crippen molar-refractivity contribution >= 4 is 12.9 Å². The Labute approximate surface area is 42.3 Å². The molecule has 7 heavy (non-hydrogen) atoms. The second kappa shape index (κ2) is 19.2. The Bertz CT molecular complexity index is 36.2. The van der Waals surface area contributed by atoms with Crippen LogP contribution >= 0.6 is 0 Å². The summed E-state index contributed by atoms with van der Waals surface area (Å²) in [7, 11) is 0. The number of rotatable bonds is 2. The highest BCUT2D eigenvalue weighted by Gasteiger charge is 1.58. The lowest BCUT2D eigenvalue weighted by molar-refractivity contribution is -0.141. The zero-order valence-electron chi connectivity index (χ0n) is 4.38. The Morgan fingerprint density at radius 1 is 1.14 bits per heavy atom. The minimum Gasteiger partial charge on any atom is -0.398 e. The minimum absolute atomic E-state index is 0.0625. The average molecular weight is 104 g/mol. The van der Waals surface area contributed by atoms with Crippen molar-refractivity contribution < 1.29 is 14.3 Å². The summed E-state index contributed by atoms with van der Waals surface area (Å²) in [6.45, 7) is 4.12. The van der Waals surface area contributed by atoms with Crippen molar-refractivity contribution in [3.63, 3.8) is 0 Å². The first-order valence-electron chi connectivity index (χ1n) is 1.94. The van der Waals surface area contributed by atoms with E-state index in [9.17, 15) is 0 Å². The van der Waals surface area contributed by atoms with Gasteiger partial charge in [-0.05, 0) is 0 Å². The zero-order valence-corrected chi connectivity index (χ0v) is 4.38. The van der Waals surface area contributed by atoms with E-state index in [1.54, 1.807) is 0 Å². The smallest absolute Gasteiger partial charge is 0.300 e. The summed E-state index contributed by atoms with van der Waals surface area (Å²) in [5.74, 6) is 0. The van der Waals surface area contributed by atoms with Crippen molar-refractivity contribution in [2.75, 3.05) is 0 Å². The number of hydrogen-bond acceptors (Lipinski definition) is 3. The molecule has 0 atom stereocenters. The minimum atomic E-state index is 0.0625. The van der Waals surface area contributed by atoms with Crippen LogP contribution in [0, 0.1) is 0 Å². The van der Waals surface area contributed by atoms with Gasteiger partial charge in [-0.3, -0.25) is 9.59 Å². The predicted octanol–water partition coefficient (Wildman–Crippen LogP) is 0.342. The first-order chi connectivity index (χ1) is 3.41. The molecule has 0 N–H and O–H groups in total. The van der Waals surface area contributed by atoms with Crippen molar-refractivity contribution in [3.05, 3.63) is 0 Å². The molecule has 0 rings (SSSR count). The molecule has 3 heteroatoms. The molecule has 0 aromatic rings. The third kappa shape index (κ3) is 39.0. The lowest BCUT2D eigenvalue weighted by Crippen LogP contribution is -1.77. The topological polar surface area (TPSA) is 43.4 Å². The normalized spacial score (nSPS) is 4.86. The molecule has 3 nitrogen and oxygen atoms in total. The molecule has 0 fully saturated rings. The molecular formula is C4H8O3. The van der Waals surface area contributed by atoms with Gasteiger partial charge < -0.3 is 4.74 Å². The molecule has 0 spiro atoms. The fraction of sp³-hybridized carbons (Fsp3) is 0.500. The Morgan fingerprint density at radius 2 is 1.43 bits per heavy atom. The molecular weight excluding hydrogens is 96.0 g/mol. The summed E-state index contributed by atoms with van der Waals surface area (Å²) in [6, 6.07) is 0. The lowest BCUT2D eigenvalue weighted by Gasteiger charge is -1.65. The molecule has 0 aliphatic rings. The van der Waals surface area contributed by atoms with Crippen LogP contribution in [-0.2, 0) is 14.3 Å². The first-order valence-corrected chi connectivity index (χ1v) is 1.94. The number of carbonyl (C=O) groups excluding carboxylic acids is 2. The van der Waals surface area contributed by atoms with E-state index < -0.39 is 0 Å². The molecule has 0 aromatic carbocycles. The van der Waals surface area contributed by atoms with Crippen molar-refractivity contribution in [3.8, 4) is 0 Å². The van der Waals surface area contributed by atoms with E-state index in [4.69, 9.17) is 9.59 Å². The maximum Gasteiger partial charge on any atom is 0.300 e. The SMILES string of the molecule is CC.O=COC=O. The Hall–Kier alpha value is -0.860. The lowest BCUT2D eigenvalue weighted by atomic mass is 11.0. The highest BCUT2D eigenvalue weighted by atomic mass is 16.6. The Balaban J connectivity index is 0. The number of carbonyl (C=O) groups is 2. The van der Waals surface area contributed by atoms with Crippen LogP contribution in [0.4, 0.5) is 0 Å². The summed E-state index contributed by atoms with van der Waals surface area (Å²) in [5, 5.41) is 0. The highest BCUT2D eigenvalue weighted by molar-refractivity contribution is 5.55. The Morgan fingerprint density at radius 3 is 1.43 bits per heavy atom. The van der Waals surface area contributed by atoms with Crippen LogP contribution in [0.25, 0.3) is 0 Å².